The number of aromatic nitrogens is 4. The maximum Gasteiger partial charge on any atom is 0.314 e. The van der Waals surface area contributed by atoms with Gasteiger partial charge in [0.15, 0.2) is 0 Å². The van der Waals surface area contributed by atoms with Crippen molar-refractivity contribution < 1.29 is 14.6 Å². The number of methoxy groups -OCH3 is 1. The van der Waals surface area contributed by atoms with Crippen molar-refractivity contribution >= 4 is 17.6 Å². The smallest absolute Gasteiger partial charge is 0.314 e. The lowest BCUT2D eigenvalue weighted by Gasteiger charge is -2.28. The summed E-state index contributed by atoms with van der Waals surface area (Å²) in [7, 11) is 1.46. The second kappa shape index (κ2) is 5.49. The highest BCUT2D eigenvalue weighted by Crippen LogP contribution is 2.39. The molecule has 1 aromatic heterocycles. The van der Waals surface area contributed by atoms with E-state index in [1.807, 2.05) is 6.07 Å². The van der Waals surface area contributed by atoms with Gasteiger partial charge in [0, 0.05) is 11.3 Å². The minimum Gasteiger partial charge on any atom is -0.496 e. The molecule has 2 heterocycles. The molecule has 0 radical (unpaired) electrons. The van der Waals surface area contributed by atoms with Crippen molar-refractivity contribution in [2.75, 3.05) is 7.11 Å². The molecule has 1 aliphatic rings. The molecule has 0 bridgehead atoms. The molecule has 0 saturated heterocycles. The molecule has 1 aromatic carbocycles. The number of fused-ring (bicyclic) bond motifs is 1. The summed E-state index contributed by atoms with van der Waals surface area (Å²) in [6, 6.07) is 6.12. The molecule has 116 valence electrons. The number of carboxylic acids is 1. The van der Waals surface area contributed by atoms with Crippen LogP contribution in [0.25, 0.3) is 0 Å². The first-order chi connectivity index (χ1) is 11.1. The van der Waals surface area contributed by atoms with Gasteiger partial charge in [0.05, 0.1) is 18.7 Å². The van der Waals surface area contributed by atoms with Gasteiger partial charge in [-0.05, 0) is 29.5 Å². The molecule has 23 heavy (non-hydrogen) atoms. The fraction of sp³-hybridized carbons (Fsp3) is 0.286. The van der Waals surface area contributed by atoms with Crippen LogP contribution in [0.1, 0.15) is 24.1 Å². The van der Waals surface area contributed by atoms with Gasteiger partial charge < -0.3 is 9.84 Å². The van der Waals surface area contributed by atoms with E-state index >= 15 is 0 Å². The number of rotatable bonds is 3. The number of nitriles is 1. The van der Waals surface area contributed by atoms with Crippen molar-refractivity contribution in [2.45, 2.75) is 13.0 Å². The van der Waals surface area contributed by atoms with Gasteiger partial charge >= 0.3 is 5.97 Å². The molecule has 1 N–H and O–H groups in total. The summed E-state index contributed by atoms with van der Waals surface area (Å²) in [4.78, 5) is 15.9. The van der Waals surface area contributed by atoms with Gasteiger partial charge in [-0.15, -0.1) is 0 Å². The fourth-order valence-corrected chi connectivity index (χ4v) is 2.69. The number of benzene rings is 1. The second-order valence-electron chi connectivity index (χ2n) is 5.01. The van der Waals surface area contributed by atoms with E-state index in [0.717, 1.165) is 0 Å². The zero-order valence-corrected chi connectivity index (χ0v) is 12.3. The first-order valence-electron chi connectivity index (χ1n) is 6.70. The Bertz CT molecular complexity index is 850. The Morgan fingerprint density at radius 2 is 2.26 bits per heavy atom. The number of ether oxygens (including phenoxy) is 1. The van der Waals surface area contributed by atoms with E-state index < -0.39 is 17.9 Å². The summed E-state index contributed by atoms with van der Waals surface area (Å²) in [6.45, 7) is 1.63. The highest BCUT2D eigenvalue weighted by Gasteiger charge is 2.40. The molecule has 2 unspecified atom stereocenters. The number of aliphatic carboxylic acids is 1. The third kappa shape index (κ3) is 2.30. The van der Waals surface area contributed by atoms with Crippen LogP contribution in [0.2, 0.25) is 0 Å². The molecule has 0 amide bonds. The molecule has 2 atom stereocenters. The van der Waals surface area contributed by atoms with E-state index in [4.69, 9.17) is 10.00 Å². The predicted octanol–water partition coefficient (Wildman–Crippen LogP) is 0.950. The van der Waals surface area contributed by atoms with Crippen LogP contribution < -0.4 is 4.74 Å². The maximum absolute atomic E-state index is 11.7. The molecular formula is C14H12N6O3. The van der Waals surface area contributed by atoms with Crippen molar-refractivity contribution in [1.29, 1.82) is 5.26 Å². The Balaban J connectivity index is 2.22. The third-order valence-corrected chi connectivity index (χ3v) is 3.73. The zero-order chi connectivity index (χ0) is 16.6. The van der Waals surface area contributed by atoms with E-state index in [1.165, 1.54) is 11.8 Å². The minimum absolute atomic E-state index is 0.233. The van der Waals surface area contributed by atoms with E-state index in [2.05, 4.69) is 20.5 Å². The molecule has 9 nitrogen and oxygen atoms in total. The van der Waals surface area contributed by atoms with Crippen LogP contribution >= 0.6 is 0 Å². The highest BCUT2D eigenvalue weighted by molar-refractivity contribution is 6.02. The lowest BCUT2D eigenvalue weighted by Crippen LogP contribution is -2.36. The van der Waals surface area contributed by atoms with Crippen LogP contribution in [0.15, 0.2) is 23.2 Å². The number of hydrogen-bond acceptors (Lipinski definition) is 7. The van der Waals surface area contributed by atoms with Gasteiger partial charge in [-0.1, -0.05) is 11.2 Å². The normalized spacial score (nSPS) is 19.4. The Kier molecular flexibility index (Phi) is 3.50. The summed E-state index contributed by atoms with van der Waals surface area (Å²) in [5, 5.41) is 29.8. The molecule has 3 rings (SSSR count). The van der Waals surface area contributed by atoms with Crippen molar-refractivity contribution in [2.24, 2.45) is 10.9 Å². The highest BCUT2D eigenvalue weighted by atomic mass is 16.5. The molecule has 0 aliphatic carbocycles. The van der Waals surface area contributed by atoms with E-state index in [1.54, 1.807) is 25.1 Å². The molecule has 0 saturated carbocycles. The first kappa shape index (κ1) is 14.6. The number of carbonyl (C=O) groups is 1. The van der Waals surface area contributed by atoms with Crippen LogP contribution in [0, 0.1) is 17.2 Å². The van der Waals surface area contributed by atoms with E-state index in [0.29, 0.717) is 22.6 Å². The average Bonchev–Trinajstić information content (AvgIpc) is 3.00. The quantitative estimate of drug-likeness (QED) is 0.893. The monoisotopic (exact) mass is 312 g/mol. The van der Waals surface area contributed by atoms with Gasteiger partial charge in [0.25, 0.3) is 5.95 Å². The van der Waals surface area contributed by atoms with Gasteiger partial charge in [0.1, 0.15) is 17.7 Å². The van der Waals surface area contributed by atoms with Gasteiger partial charge in [-0.3, -0.25) is 4.79 Å². The van der Waals surface area contributed by atoms with Crippen molar-refractivity contribution in [3.8, 4) is 11.8 Å². The van der Waals surface area contributed by atoms with Crippen LogP contribution in [-0.4, -0.2) is 44.1 Å². The minimum atomic E-state index is -1.04. The zero-order valence-electron chi connectivity index (χ0n) is 12.3. The first-order valence-corrected chi connectivity index (χ1v) is 6.70. The van der Waals surface area contributed by atoms with E-state index in [-0.39, 0.29) is 5.95 Å². The number of aliphatic imine (C=N–C) groups is 1. The fourth-order valence-electron chi connectivity index (χ4n) is 2.69. The van der Waals surface area contributed by atoms with Gasteiger partial charge in [0.2, 0.25) is 0 Å². The number of tetrazole rings is 1. The molecule has 0 spiro atoms. The second-order valence-corrected chi connectivity index (χ2v) is 5.01. The van der Waals surface area contributed by atoms with E-state index in [9.17, 15) is 9.90 Å². The molecule has 9 heteroatoms. The van der Waals surface area contributed by atoms with Crippen molar-refractivity contribution in [3.05, 3.63) is 29.3 Å². The van der Waals surface area contributed by atoms with Gasteiger partial charge in [-0.2, -0.15) is 5.26 Å². The molecule has 2 aromatic rings. The third-order valence-electron chi connectivity index (χ3n) is 3.73. The van der Waals surface area contributed by atoms with Gasteiger partial charge in [-0.25, -0.2) is 9.67 Å². The molecule has 1 aliphatic heterocycles. The average molecular weight is 312 g/mol. The summed E-state index contributed by atoms with van der Waals surface area (Å²) in [5.41, 5.74) is 1.38. The Morgan fingerprint density at radius 1 is 1.48 bits per heavy atom. The Morgan fingerprint density at radius 3 is 2.91 bits per heavy atom. The lowest BCUT2D eigenvalue weighted by molar-refractivity contribution is -0.140. The van der Waals surface area contributed by atoms with Crippen molar-refractivity contribution in [1.82, 2.24) is 20.2 Å². The SMILES string of the molecule is COc1cc(C#N)ccc1C1C(C(=O)O)C(C)=Nc2nnnn21. The Hall–Kier alpha value is -3.28. The topological polar surface area (TPSA) is 126 Å². The van der Waals surface area contributed by atoms with Crippen molar-refractivity contribution in [3.63, 3.8) is 0 Å². The predicted molar refractivity (Wildman–Crippen MR) is 77.6 cm³/mol. The summed E-state index contributed by atoms with van der Waals surface area (Å²) < 4.78 is 6.69. The molecular weight excluding hydrogens is 300 g/mol. The van der Waals surface area contributed by atoms with Crippen LogP contribution in [0.3, 0.4) is 0 Å². The lowest BCUT2D eigenvalue weighted by atomic mass is 9.87. The standard InChI is InChI=1S/C14H12N6O3/c1-7-11(13(21)22)12(20-14(16-7)17-18-19-20)9-4-3-8(6-15)5-10(9)23-2/h3-5,11-12H,1-2H3,(H,21,22). The summed E-state index contributed by atoms with van der Waals surface area (Å²) >= 11 is 0. The maximum atomic E-state index is 11.7. The summed E-state index contributed by atoms with van der Waals surface area (Å²) in [5.74, 6) is -1.34. The number of nitrogens with zero attached hydrogens (tertiary/aromatic N) is 6. The molecule has 0 fully saturated rings. The number of carboxylic acid groups (broad SMARTS) is 1. The largest absolute Gasteiger partial charge is 0.496 e. The Labute approximate surface area is 130 Å². The summed E-state index contributed by atoms with van der Waals surface area (Å²) in [6.07, 6.45) is 0. The number of hydrogen-bond donors (Lipinski definition) is 1. The van der Waals surface area contributed by atoms with Crippen LogP contribution in [0.4, 0.5) is 5.95 Å². The van der Waals surface area contributed by atoms with Crippen LogP contribution in [0.5, 0.6) is 5.75 Å². The van der Waals surface area contributed by atoms with Crippen LogP contribution in [-0.2, 0) is 4.79 Å².